The van der Waals surface area contributed by atoms with E-state index in [4.69, 9.17) is 33.1 Å². The molecule has 53 heavy (non-hydrogen) atoms. The third-order valence-corrected chi connectivity index (χ3v) is 11.8. The molecule has 5 rings (SSSR count). The van der Waals surface area contributed by atoms with Crippen LogP contribution in [-0.2, 0) is 26.0 Å². The third-order valence-electron chi connectivity index (χ3n) is 9.19. The fourth-order valence-corrected chi connectivity index (χ4v) is 8.11. The maximum atomic E-state index is 13.9. The highest BCUT2D eigenvalue weighted by atomic mass is 35.5. The normalized spacial score (nSPS) is 16.4. The topological polar surface area (TPSA) is 141 Å². The van der Waals surface area contributed by atoms with Gasteiger partial charge in [-0.05, 0) is 106 Å². The molecule has 2 aliphatic rings. The number of sulfonamides is 1. The second-order valence-electron chi connectivity index (χ2n) is 12.8. The third kappa shape index (κ3) is 11.8. The number of alkyl halides is 3. The molecule has 2 heterocycles. The van der Waals surface area contributed by atoms with Crippen molar-refractivity contribution in [1.82, 2.24) is 9.21 Å². The van der Waals surface area contributed by atoms with Crippen LogP contribution in [0.25, 0.3) is 0 Å². The van der Waals surface area contributed by atoms with Crippen molar-refractivity contribution in [3.63, 3.8) is 0 Å². The Hall–Kier alpha value is -3.83. The molecule has 0 saturated carbocycles. The van der Waals surface area contributed by atoms with Crippen molar-refractivity contribution in [2.24, 2.45) is 11.8 Å². The van der Waals surface area contributed by atoms with E-state index >= 15 is 0 Å². The second-order valence-corrected chi connectivity index (χ2v) is 15.5. The highest BCUT2D eigenvalue weighted by Gasteiger charge is 2.38. The van der Waals surface area contributed by atoms with Crippen molar-refractivity contribution < 1.29 is 45.6 Å². The van der Waals surface area contributed by atoms with Gasteiger partial charge in [-0.2, -0.15) is 17.5 Å². The number of aliphatic carboxylic acids is 1. The lowest BCUT2D eigenvalue weighted by Crippen LogP contribution is -2.45. The number of rotatable bonds is 11. The van der Waals surface area contributed by atoms with E-state index in [2.05, 4.69) is 4.90 Å². The van der Waals surface area contributed by atoms with Gasteiger partial charge < -0.3 is 14.9 Å². The minimum atomic E-state index is -5.08. The van der Waals surface area contributed by atoms with Gasteiger partial charge in [0.2, 0.25) is 15.9 Å². The summed E-state index contributed by atoms with van der Waals surface area (Å²) in [7, 11) is -3.95. The standard InChI is InChI=1S/C33H37Cl2FN4O5S.C2HF3O2/c34-31-10-9-28(23-32(31)35)39(16-2-15-37-17-11-25(12-18-37)21-24-5-7-27(36)8-6-24)33(41)26-13-19-38(20-14-26)46(44,45)30-4-1-3-29(22-30)40(42)43;3-2(4,5)1(6)7/h1,3-10,22-23,25-26H,2,11-21H2;(H,6,7). The van der Waals surface area contributed by atoms with E-state index in [-0.39, 0.29) is 35.4 Å². The average Bonchev–Trinajstić information content (AvgIpc) is 3.13. The van der Waals surface area contributed by atoms with Gasteiger partial charge in [0.05, 0.1) is 19.9 Å². The van der Waals surface area contributed by atoms with E-state index in [0.717, 1.165) is 56.9 Å². The molecule has 2 fully saturated rings. The van der Waals surface area contributed by atoms with Crippen molar-refractivity contribution in [3.05, 3.63) is 98.3 Å². The summed E-state index contributed by atoms with van der Waals surface area (Å²) >= 11 is 12.5. The molecule has 1 N–H and O–H groups in total. The number of likely N-dealkylation sites (tertiary alicyclic amines) is 1. The van der Waals surface area contributed by atoms with E-state index in [0.29, 0.717) is 41.0 Å². The molecule has 1 amide bonds. The molecule has 11 nitrogen and oxygen atoms in total. The molecular formula is C35H38Cl2F4N4O7S. The number of anilines is 1. The van der Waals surface area contributed by atoms with Crippen molar-refractivity contribution in [1.29, 1.82) is 0 Å². The molecule has 18 heteroatoms. The molecule has 288 valence electrons. The molecule has 3 aromatic carbocycles. The first-order valence-corrected chi connectivity index (χ1v) is 18.9. The van der Waals surface area contributed by atoms with Crippen LogP contribution < -0.4 is 4.90 Å². The fraction of sp³-hybridized carbons (Fsp3) is 0.429. The van der Waals surface area contributed by atoms with Crippen LogP contribution in [0.1, 0.15) is 37.7 Å². The molecule has 3 aromatic rings. The number of piperidine rings is 2. The lowest BCUT2D eigenvalue weighted by atomic mass is 9.90. The van der Waals surface area contributed by atoms with E-state index in [1.165, 1.54) is 34.6 Å². The first-order valence-electron chi connectivity index (χ1n) is 16.7. The summed E-state index contributed by atoms with van der Waals surface area (Å²) in [6.45, 7) is 3.48. The average molecular weight is 806 g/mol. The Morgan fingerprint density at radius 2 is 1.55 bits per heavy atom. The minimum absolute atomic E-state index is 0.0937. The lowest BCUT2D eigenvalue weighted by Gasteiger charge is -2.35. The number of amides is 1. The van der Waals surface area contributed by atoms with Crippen LogP contribution in [0.4, 0.5) is 28.9 Å². The number of hydrogen-bond acceptors (Lipinski definition) is 7. The van der Waals surface area contributed by atoms with E-state index in [1.807, 2.05) is 12.1 Å². The highest BCUT2D eigenvalue weighted by molar-refractivity contribution is 7.89. The van der Waals surface area contributed by atoms with E-state index < -0.39 is 33.0 Å². The Morgan fingerprint density at radius 3 is 2.11 bits per heavy atom. The summed E-state index contributed by atoms with van der Waals surface area (Å²) in [5.74, 6) is -2.91. The summed E-state index contributed by atoms with van der Waals surface area (Å²) in [6, 6.07) is 16.9. The van der Waals surface area contributed by atoms with Gasteiger partial charge in [0, 0.05) is 43.4 Å². The molecule has 0 unspecified atom stereocenters. The smallest absolute Gasteiger partial charge is 0.475 e. The molecule has 0 atom stereocenters. The predicted octanol–water partition coefficient (Wildman–Crippen LogP) is 7.45. The van der Waals surface area contributed by atoms with Gasteiger partial charge in [-0.25, -0.2) is 17.6 Å². The number of benzene rings is 3. The van der Waals surface area contributed by atoms with Crippen molar-refractivity contribution in [2.45, 2.75) is 49.6 Å². The number of carboxylic acids is 1. The number of nitro groups is 1. The van der Waals surface area contributed by atoms with Crippen LogP contribution in [0.3, 0.4) is 0 Å². The zero-order chi connectivity index (χ0) is 38.9. The second kappa shape index (κ2) is 18.5. The molecule has 0 bridgehead atoms. The van der Waals surface area contributed by atoms with Crippen LogP contribution in [0.5, 0.6) is 0 Å². The molecule has 0 aliphatic carbocycles. The van der Waals surface area contributed by atoms with Gasteiger partial charge in [0.1, 0.15) is 5.82 Å². The zero-order valence-corrected chi connectivity index (χ0v) is 30.7. The number of hydrogen-bond donors (Lipinski definition) is 1. The Bertz CT molecular complexity index is 1850. The zero-order valence-electron chi connectivity index (χ0n) is 28.4. The van der Waals surface area contributed by atoms with Crippen molar-refractivity contribution >= 4 is 56.5 Å². The van der Waals surface area contributed by atoms with Gasteiger partial charge in [-0.1, -0.05) is 41.4 Å². The lowest BCUT2D eigenvalue weighted by molar-refractivity contribution is -0.385. The summed E-state index contributed by atoms with van der Waals surface area (Å²) in [5.41, 5.74) is 1.50. The summed E-state index contributed by atoms with van der Waals surface area (Å²) in [5, 5.41) is 19.0. The first kappa shape index (κ1) is 41.9. The van der Waals surface area contributed by atoms with Crippen LogP contribution in [0, 0.1) is 27.8 Å². The monoisotopic (exact) mass is 804 g/mol. The number of nitro benzene ring substituents is 1. The maximum absolute atomic E-state index is 13.9. The number of carbonyl (C=O) groups excluding carboxylic acids is 1. The number of non-ortho nitro benzene ring substituents is 1. The quantitative estimate of drug-likeness (QED) is 0.120. The first-order chi connectivity index (χ1) is 24.9. The Balaban J connectivity index is 0.000000815. The number of carbonyl (C=O) groups is 2. The Morgan fingerprint density at radius 1 is 0.925 bits per heavy atom. The highest BCUT2D eigenvalue weighted by Crippen LogP contribution is 2.32. The molecule has 0 spiro atoms. The van der Waals surface area contributed by atoms with Crippen molar-refractivity contribution in [2.75, 3.05) is 44.2 Å². The van der Waals surface area contributed by atoms with Gasteiger partial charge >= 0.3 is 12.1 Å². The number of nitrogens with zero attached hydrogens (tertiary/aromatic N) is 4. The summed E-state index contributed by atoms with van der Waals surface area (Å²) in [6.07, 6.45) is -0.623. The SMILES string of the molecule is O=C(C1CCN(S(=O)(=O)c2cccc([N+](=O)[O-])c2)CC1)N(CCCN1CCC(Cc2ccc(F)cc2)CC1)c1ccc(Cl)c(Cl)c1.O=C(O)C(F)(F)F. The molecular weight excluding hydrogens is 767 g/mol. The number of halogens is 6. The number of carboxylic acid groups (broad SMARTS) is 1. The minimum Gasteiger partial charge on any atom is -0.475 e. The van der Waals surface area contributed by atoms with Gasteiger partial charge in [-0.3, -0.25) is 14.9 Å². The Labute approximate surface area is 314 Å². The van der Waals surface area contributed by atoms with Crippen LogP contribution >= 0.6 is 23.2 Å². The summed E-state index contributed by atoms with van der Waals surface area (Å²) < 4.78 is 72.8. The van der Waals surface area contributed by atoms with Gasteiger partial charge in [0.25, 0.3) is 5.69 Å². The molecule has 0 aromatic heterocycles. The fourth-order valence-electron chi connectivity index (χ4n) is 6.31. The summed E-state index contributed by atoms with van der Waals surface area (Å²) in [4.78, 5) is 37.4. The maximum Gasteiger partial charge on any atom is 0.490 e. The largest absolute Gasteiger partial charge is 0.490 e. The van der Waals surface area contributed by atoms with E-state index in [1.54, 1.807) is 23.1 Å². The molecule has 2 saturated heterocycles. The van der Waals surface area contributed by atoms with Crippen molar-refractivity contribution in [3.8, 4) is 0 Å². The van der Waals surface area contributed by atoms with Gasteiger partial charge in [0.15, 0.2) is 0 Å². The van der Waals surface area contributed by atoms with Crippen LogP contribution in [0.15, 0.2) is 71.6 Å². The predicted molar refractivity (Wildman–Crippen MR) is 191 cm³/mol. The van der Waals surface area contributed by atoms with Crippen LogP contribution in [-0.4, -0.2) is 85.0 Å². The molecule has 2 aliphatic heterocycles. The van der Waals surface area contributed by atoms with Crippen LogP contribution in [0.2, 0.25) is 10.0 Å². The molecule has 0 radical (unpaired) electrons. The van der Waals surface area contributed by atoms with E-state index in [9.17, 15) is 40.9 Å². The van der Waals surface area contributed by atoms with Gasteiger partial charge in [-0.15, -0.1) is 0 Å². The Kier molecular flexibility index (Phi) is 14.6.